The highest BCUT2D eigenvalue weighted by atomic mass is 19.3. The molecule has 0 spiro atoms. The third-order valence-electron chi connectivity index (χ3n) is 6.02. The lowest BCUT2D eigenvalue weighted by atomic mass is 9.88. The Morgan fingerprint density at radius 1 is 1.30 bits per heavy atom. The van der Waals surface area contributed by atoms with Crippen molar-refractivity contribution in [2.24, 2.45) is 11.7 Å². The number of Topliss-reactive ketones (excluding diaryl/α,β-unsaturated/α-hetero) is 1. The Morgan fingerprint density at radius 3 is 2.64 bits per heavy atom. The van der Waals surface area contributed by atoms with E-state index in [1.54, 1.807) is 13.8 Å². The van der Waals surface area contributed by atoms with Gasteiger partial charge in [0.15, 0.2) is 5.82 Å². The van der Waals surface area contributed by atoms with Crippen molar-refractivity contribution in [3.63, 3.8) is 0 Å². The molecule has 0 bridgehead atoms. The fraction of sp³-hybridized carbons (Fsp3) is 0.762. The number of hydrogen-bond acceptors (Lipinski definition) is 7. The van der Waals surface area contributed by atoms with E-state index in [0.717, 1.165) is 12.8 Å². The Bertz CT molecular complexity index is 860. The van der Waals surface area contributed by atoms with Crippen LogP contribution in [0, 0.1) is 5.92 Å². The molecule has 33 heavy (non-hydrogen) atoms. The van der Waals surface area contributed by atoms with Crippen LogP contribution in [-0.2, 0) is 9.53 Å². The summed E-state index contributed by atoms with van der Waals surface area (Å²) in [6.07, 6.45) is 1.04. The number of urea groups is 1. The number of ether oxygens (including phenoxy) is 1. The lowest BCUT2D eigenvalue weighted by molar-refractivity contribution is -0.135. The van der Waals surface area contributed by atoms with Gasteiger partial charge in [-0.05, 0) is 19.3 Å². The Labute approximate surface area is 190 Å². The molecule has 2 heterocycles. The van der Waals surface area contributed by atoms with Crippen molar-refractivity contribution in [3.8, 4) is 0 Å². The van der Waals surface area contributed by atoms with Gasteiger partial charge in [-0.3, -0.25) is 9.59 Å². The lowest BCUT2D eigenvalue weighted by Gasteiger charge is -2.39. The summed E-state index contributed by atoms with van der Waals surface area (Å²) >= 11 is 0. The summed E-state index contributed by atoms with van der Waals surface area (Å²) < 4.78 is 39.6. The van der Waals surface area contributed by atoms with Crippen LogP contribution >= 0.6 is 0 Å². The number of aromatic nitrogens is 2. The standard InChI is InChI=1S/C21H31F2N5O5/c1-3-7-21(22,23)10-13(15-11-32-9-8-28(15)20(24)31)18(30)25-14(4-2)16(29)19-26-17(27-33-19)12-5-6-12/h12-15H,3-11H2,1-2H3,(H2,24,31)(H,25,30)/t13-,14-,15?/m0/s1. The van der Waals surface area contributed by atoms with E-state index in [1.807, 2.05) is 0 Å². The zero-order valence-electron chi connectivity index (χ0n) is 18.9. The molecule has 0 radical (unpaired) electrons. The van der Waals surface area contributed by atoms with Gasteiger partial charge in [0.1, 0.15) is 0 Å². The molecule has 2 fully saturated rings. The highest BCUT2D eigenvalue weighted by Gasteiger charge is 2.44. The highest BCUT2D eigenvalue weighted by molar-refractivity contribution is 5.98. The van der Waals surface area contributed by atoms with Crippen LogP contribution in [0.5, 0.6) is 0 Å². The number of carbonyl (C=O) groups is 3. The number of nitrogens with one attached hydrogen (secondary N) is 1. The van der Waals surface area contributed by atoms with Gasteiger partial charge in [-0.2, -0.15) is 4.98 Å². The van der Waals surface area contributed by atoms with Gasteiger partial charge in [-0.25, -0.2) is 13.6 Å². The van der Waals surface area contributed by atoms with Gasteiger partial charge >= 0.3 is 6.03 Å². The van der Waals surface area contributed by atoms with Crippen LogP contribution in [0.25, 0.3) is 0 Å². The maximum atomic E-state index is 14.6. The molecule has 3 atom stereocenters. The maximum Gasteiger partial charge on any atom is 0.315 e. The average molecular weight is 472 g/mol. The smallest absolute Gasteiger partial charge is 0.315 e. The number of nitrogens with two attached hydrogens (primary N) is 1. The SMILES string of the molecule is CCCC(F)(F)C[C@H](C(=O)N[C@@H](CC)C(=O)c1nc(C2CC2)no1)C1COCCN1C(N)=O. The number of primary amides is 1. The van der Waals surface area contributed by atoms with Crippen LogP contribution < -0.4 is 11.1 Å². The lowest BCUT2D eigenvalue weighted by Crippen LogP contribution is -2.58. The van der Waals surface area contributed by atoms with Gasteiger partial charge in [-0.1, -0.05) is 25.4 Å². The van der Waals surface area contributed by atoms with Gasteiger partial charge in [0, 0.05) is 25.3 Å². The molecule has 10 nitrogen and oxygen atoms in total. The number of rotatable bonds is 11. The second-order valence-corrected chi connectivity index (χ2v) is 8.66. The van der Waals surface area contributed by atoms with Crippen molar-refractivity contribution in [2.75, 3.05) is 19.8 Å². The van der Waals surface area contributed by atoms with Crippen LogP contribution in [0.4, 0.5) is 13.6 Å². The summed E-state index contributed by atoms with van der Waals surface area (Å²) in [6, 6.07) is -2.84. The summed E-state index contributed by atoms with van der Waals surface area (Å²) in [5, 5.41) is 6.37. The van der Waals surface area contributed by atoms with Crippen LogP contribution in [0.1, 0.15) is 74.8 Å². The average Bonchev–Trinajstić information content (AvgIpc) is 3.51. The Hall–Kier alpha value is -2.63. The Kier molecular flexibility index (Phi) is 7.98. The number of alkyl halides is 2. The van der Waals surface area contributed by atoms with Gasteiger partial charge in [0.25, 0.3) is 5.89 Å². The van der Waals surface area contributed by atoms with Gasteiger partial charge in [0.2, 0.25) is 17.6 Å². The van der Waals surface area contributed by atoms with Crippen molar-refractivity contribution in [3.05, 3.63) is 11.7 Å². The van der Waals surface area contributed by atoms with E-state index in [0.29, 0.717) is 5.82 Å². The molecule has 1 saturated carbocycles. The van der Waals surface area contributed by atoms with E-state index in [1.165, 1.54) is 4.90 Å². The number of ketones is 1. The van der Waals surface area contributed by atoms with Crippen LogP contribution in [0.2, 0.25) is 0 Å². The first-order valence-corrected chi connectivity index (χ1v) is 11.4. The number of carbonyl (C=O) groups excluding carboxylic acids is 3. The molecule has 1 unspecified atom stereocenters. The van der Waals surface area contributed by atoms with E-state index in [-0.39, 0.29) is 44.4 Å². The van der Waals surface area contributed by atoms with Crippen molar-refractivity contribution >= 4 is 17.7 Å². The highest BCUT2D eigenvalue weighted by Crippen LogP contribution is 2.38. The second kappa shape index (κ2) is 10.5. The van der Waals surface area contributed by atoms with Crippen molar-refractivity contribution in [1.82, 2.24) is 20.4 Å². The molecule has 2 aliphatic rings. The van der Waals surface area contributed by atoms with E-state index in [9.17, 15) is 23.2 Å². The number of hydrogen-bond donors (Lipinski definition) is 2. The van der Waals surface area contributed by atoms with Crippen LogP contribution in [0.15, 0.2) is 4.52 Å². The molecular weight excluding hydrogens is 440 g/mol. The number of nitrogens with zero attached hydrogens (tertiary/aromatic N) is 3. The van der Waals surface area contributed by atoms with Gasteiger partial charge in [0.05, 0.1) is 31.2 Å². The van der Waals surface area contributed by atoms with Gasteiger partial charge < -0.3 is 25.2 Å². The van der Waals surface area contributed by atoms with Gasteiger partial charge in [-0.15, -0.1) is 0 Å². The number of halogens is 2. The summed E-state index contributed by atoms with van der Waals surface area (Å²) in [5.74, 6) is -5.43. The zero-order chi connectivity index (χ0) is 24.2. The van der Waals surface area contributed by atoms with Crippen LogP contribution in [0.3, 0.4) is 0 Å². The van der Waals surface area contributed by atoms with E-state index < -0.39 is 54.5 Å². The molecule has 184 valence electrons. The second-order valence-electron chi connectivity index (χ2n) is 8.66. The van der Waals surface area contributed by atoms with E-state index in [2.05, 4.69) is 15.5 Å². The fourth-order valence-corrected chi connectivity index (χ4v) is 4.05. The third kappa shape index (κ3) is 6.24. The van der Waals surface area contributed by atoms with Crippen LogP contribution in [-0.4, -0.2) is 70.5 Å². The molecule has 1 saturated heterocycles. The van der Waals surface area contributed by atoms with Crippen molar-refractivity contribution < 1.29 is 32.4 Å². The normalized spacial score (nSPS) is 20.8. The number of morpholine rings is 1. The predicted molar refractivity (Wildman–Crippen MR) is 112 cm³/mol. The van der Waals surface area contributed by atoms with Crippen molar-refractivity contribution in [2.45, 2.75) is 76.3 Å². The molecule has 3 N–H and O–H groups in total. The third-order valence-corrected chi connectivity index (χ3v) is 6.02. The summed E-state index contributed by atoms with van der Waals surface area (Å²) in [5.41, 5.74) is 5.43. The molecule has 1 aliphatic heterocycles. The minimum absolute atomic E-state index is 0.0885. The minimum atomic E-state index is -3.14. The van der Waals surface area contributed by atoms with E-state index in [4.69, 9.17) is 15.0 Å². The first-order chi connectivity index (χ1) is 15.7. The van der Waals surface area contributed by atoms with Crippen molar-refractivity contribution in [1.29, 1.82) is 0 Å². The number of amides is 3. The summed E-state index contributed by atoms with van der Waals surface area (Å²) in [4.78, 5) is 43.3. The monoisotopic (exact) mass is 471 g/mol. The molecule has 0 aromatic carbocycles. The fourth-order valence-electron chi connectivity index (χ4n) is 4.05. The molecule has 1 aromatic rings. The zero-order valence-corrected chi connectivity index (χ0v) is 18.9. The Balaban J connectivity index is 1.79. The maximum absolute atomic E-state index is 14.6. The Morgan fingerprint density at radius 2 is 2.03 bits per heavy atom. The molecular formula is C21H31F2N5O5. The predicted octanol–water partition coefficient (Wildman–Crippen LogP) is 2.25. The quantitative estimate of drug-likeness (QED) is 0.472. The largest absolute Gasteiger partial charge is 0.377 e. The van der Waals surface area contributed by atoms with E-state index >= 15 is 0 Å². The molecule has 1 aromatic heterocycles. The first-order valence-electron chi connectivity index (χ1n) is 11.4. The molecule has 3 amide bonds. The molecule has 12 heteroatoms. The summed E-state index contributed by atoms with van der Waals surface area (Å²) in [6.45, 7) is 3.46. The molecule has 1 aliphatic carbocycles. The summed E-state index contributed by atoms with van der Waals surface area (Å²) in [7, 11) is 0. The molecule has 3 rings (SSSR count). The first kappa shape index (κ1) is 25.0. The topological polar surface area (TPSA) is 141 Å². The minimum Gasteiger partial charge on any atom is -0.377 e.